The number of hydrogen-bond donors (Lipinski definition) is 0. The first-order chi connectivity index (χ1) is 16.2. The van der Waals surface area contributed by atoms with Crippen LogP contribution in [0.5, 0.6) is 0 Å². The van der Waals surface area contributed by atoms with Gasteiger partial charge < -0.3 is 4.57 Å². The highest BCUT2D eigenvalue weighted by atomic mass is 32.2. The molecule has 176 valence electrons. The summed E-state index contributed by atoms with van der Waals surface area (Å²) in [4.78, 5) is 17.9. The van der Waals surface area contributed by atoms with Crippen LogP contribution in [-0.2, 0) is 23.6 Å². The topological polar surface area (TPSA) is 71.7 Å². The molecule has 0 bridgehead atoms. The lowest BCUT2D eigenvalue weighted by atomic mass is 10.1. The van der Waals surface area contributed by atoms with Crippen LogP contribution in [0.3, 0.4) is 0 Å². The van der Waals surface area contributed by atoms with Crippen molar-refractivity contribution in [3.05, 3.63) is 93.8 Å². The normalized spacial score (nSPS) is 12.6. The van der Waals surface area contributed by atoms with Crippen LogP contribution in [0.4, 0.5) is 0 Å². The Labute approximate surface area is 203 Å². The summed E-state index contributed by atoms with van der Waals surface area (Å²) < 4.78 is 30.7. The van der Waals surface area contributed by atoms with Crippen LogP contribution in [0.15, 0.2) is 76.6 Å². The largest absolute Gasteiger partial charge is 0.319 e. The Hall–Kier alpha value is -3.07. The van der Waals surface area contributed by atoms with Crippen molar-refractivity contribution in [1.82, 2.24) is 8.87 Å². The Balaban J connectivity index is 1.61. The number of hydrogen-bond acceptors (Lipinski definition) is 4. The molecule has 0 aliphatic heterocycles. The van der Waals surface area contributed by atoms with E-state index in [9.17, 15) is 13.2 Å². The maximum atomic E-state index is 13.2. The number of carbonyl (C=O) groups excluding carboxylic acids is 1. The smallest absolute Gasteiger partial charge is 0.279 e. The van der Waals surface area contributed by atoms with Gasteiger partial charge in [-0.3, -0.25) is 4.79 Å². The number of aromatic nitrogens is 1. The van der Waals surface area contributed by atoms with Gasteiger partial charge in [0.25, 0.3) is 5.91 Å². The number of amides is 1. The second kappa shape index (κ2) is 9.66. The first-order valence-corrected chi connectivity index (χ1v) is 13.3. The number of aryl methyl sites for hydroxylation is 3. The summed E-state index contributed by atoms with van der Waals surface area (Å²) in [7, 11) is -1.79. The van der Waals surface area contributed by atoms with Gasteiger partial charge in [0.15, 0.2) is 4.80 Å². The molecule has 1 amide bonds. The molecule has 0 saturated carbocycles. The van der Waals surface area contributed by atoms with E-state index >= 15 is 0 Å². The van der Waals surface area contributed by atoms with E-state index in [1.807, 2.05) is 54.9 Å². The minimum atomic E-state index is -3.69. The fraction of sp³-hybridized carbons (Fsp3) is 0.231. The molecule has 0 aliphatic rings. The van der Waals surface area contributed by atoms with Gasteiger partial charge in [-0.15, -0.1) is 0 Å². The number of fused-ring (bicyclic) bond motifs is 1. The molecule has 1 heterocycles. The van der Waals surface area contributed by atoms with E-state index in [0.29, 0.717) is 16.9 Å². The third-order valence-corrected chi connectivity index (χ3v) is 9.01. The molecule has 4 aromatic rings. The standard InChI is InChI=1S/C26H27N3O3S2/c1-5-29(17-20-9-7-6-8-10-20)34(31,32)22-14-12-21(13-15-22)25(30)27-26-28(4)24-19(3)18(2)11-16-23(24)33-26/h6-16H,5,17H2,1-4H3. The van der Waals surface area contributed by atoms with Crippen molar-refractivity contribution in [3.63, 3.8) is 0 Å². The Morgan fingerprint density at radius 1 is 1.00 bits per heavy atom. The first kappa shape index (κ1) is 24.1. The molecule has 0 fully saturated rings. The van der Waals surface area contributed by atoms with Crippen LogP contribution in [0.25, 0.3) is 10.2 Å². The van der Waals surface area contributed by atoms with Gasteiger partial charge in [-0.05, 0) is 60.9 Å². The van der Waals surface area contributed by atoms with E-state index in [4.69, 9.17) is 0 Å². The molecular formula is C26H27N3O3S2. The van der Waals surface area contributed by atoms with Crippen LogP contribution in [0, 0.1) is 13.8 Å². The quantitative estimate of drug-likeness (QED) is 0.387. The molecule has 0 atom stereocenters. The zero-order valence-electron chi connectivity index (χ0n) is 19.6. The van der Waals surface area contributed by atoms with Gasteiger partial charge in [0.2, 0.25) is 10.0 Å². The molecule has 0 aliphatic carbocycles. The molecule has 34 heavy (non-hydrogen) atoms. The van der Waals surface area contributed by atoms with Crippen LogP contribution in [-0.4, -0.2) is 29.7 Å². The van der Waals surface area contributed by atoms with Gasteiger partial charge in [-0.2, -0.15) is 9.30 Å². The number of rotatable bonds is 6. The lowest BCUT2D eigenvalue weighted by Crippen LogP contribution is -2.30. The van der Waals surface area contributed by atoms with Crippen molar-refractivity contribution in [2.24, 2.45) is 12.0 Å². The molecule has 3 aromatic carbocycles. The zero-order chi connectivity index (χ0) is 24.5. The molecule has 0 spiro atoms. The lowest BCUT2D eigenvalue weighted by Gasteiger charge is -2.20. The molecule has 0 N–H and O–H groups in total. The number of carbonyl (C=O) groups is 1. The van der Waals surface area contributed by atoms with Crippen molar-refractivity contribution in [2.45, 2.75) is 32.2 Å². The molecule has 4 rings (SSSR count). The van der Waals surface area contributed by atoms with Crippen LogP contribution < -0.4 is 4.80 Å². The molecule has 0 saturated heterocycles. The summed E-state index contributed by atoms with van der Waals surface area (Å²) in [6, 6.07) is 19.6. The predicted octanol–water partition coefficient (Wildman–Crippen LogP) is 4.81. The highest BCUT2D eigenvalue weighted by Gasteiger charge is 2.23. The average molecular weight is 494 g/mol. The van der Waals surface area contributed by atoms with Crippen molar-refractivity contribution >= 4 is 37.5 Å². The predicted molar refractivity (Wildman–Crippen MR) is 136 cm³/mol. The van der Waals surface area contributed by atoms with Gasteiger partial charge in [0, 0.05) is 25.7 Å². The number of thiazole rings is 1. The monoisotopic (exact) mass is 493 g/mol. The van der Waals surface area contributed by atoms with Crippen LogP contribution >= 0.6 is 11.3 Å². The van der Waals surface area contributed by atoms with Crippen molar-refractivity contribution in [2.75, 3.05) is 6.54 Å². The van der Waals surface area contributed by atoms with Crippen LogP contribution in [0.2, 0.25) is 0 Å². The summed E-state index contributed by atoms with van der Waals surface area (Å²) in [6.45, 7) is 6.56. The molecule has 0 unspecified atom stereocenters. The van der Waals surface area contributed by atoms with Gasteiger partial charge in [-0.1, -0.05) is 54.7 Å². The Morgan fingerprint density at radius 3 is 2.32 bits per heavy atom. The maximum Gasteiger partial charge on any atom is 0.279 e. The summed E-state index contributed by atoms with van der Waals surface area (Å²) in [5, 5.41) is 0. The molecule has 0 radical (unpaired) electrons. The van der Waals surface area contributed by atoms with Crippen molar-refractivity contribution in [3.8, 4) is 0 Å². The van der Waals surface area contributed by atoms with E-state index in [-0.39, 0.29) is 11.4 Å². The summed E-state index contributed by atoms with van der Waals surface area (Å²) in [6.07, 6.45) is 0. The summed E-state index contributed by atoms with van der Waals surface area (Å²) >= 11 is 1.46. The van der Waals surface area contributed by atoms with Gasteiger partial charge in [0.05, 0.1) is 15.1 Å². The number of sulfonamides is 1. The summed E-state index contributed by atoms with van der Waals surface area (Å²) in [5.41, 5.74) is 4.67. The Morgan fingerprint density at radius 2 is 1.68 bits per heavy atom. The Bertz CT molecular complexity index is 1520. The van der Waals surface area contributed by atoms with Crippen molar-refractivity contribution < 1.29 is 13.2 Å². The first-order valence-electron chi connectivity index (χ1n) is 11.0. The van der Waals surface area contributed by atoms with E-state index in [2.05, 4.69) is 24.9 Å². The van der Waals surface area contributed by atoms with E-state index in [1.165, 1.54) is 45.5 Å². The van der Waals surface area contributed by atoms with E-state index < -0.39 is 15.9 Å². The second-order valence-corrected chi connectivity index (χ2v) is 11.1. The maximum absolute atomic E-state index is 13.2. The minimum absolute atomic E-state index is 0.153. The molecule has 6 nitrogen and oxygen atoms in total. The molecular weight excluding hydrogens is 466 g/mol. The van der Waals surface area contributed by atoms with Gasteiger partial charge >= 0.3 is 0 Å². The lowest BCUT2D eigenvalue weighted by molar-refractivity contribution is 0.0998. The van der Waals surface area contributed by atoms with Gasteiger partial charge in [0.1, 0.15) is 0 Å². The third-order valence-electron chi connectivity index (χ3n) is 5.98. The average Bonchev–Trinajstić information content (AvgIpc) is 3.16. The highest BCUT2D eigenvalue weighted by Crippen LogP contribution is 2.23. The van der Waals surface area contributed by atoms with E-state index in [0.717, 1.165) is 21.3 Å². The van der Waals surface area contributed by atoms with Crippen molar-refractivity contribution in [1.29, 1.82) is 0 Å². The van der Waals surface area contributed by atoms with Gasteiger partial charge in [-0.25, -0.2) is 8.42 Å². The highest BCUT2D eigenvalue weighted by molar-refractivity contribution is 7.89. The molecule has 1 aromatic heterocycles. The SMILES string of the molecule is CCN(Cc1ccccc1)S(=O)(=O)c1ccc(C(=O)N=c2sc3ccc(C)c(C)c3n2C)cc1. The zero-order valence-corrected chi connectivity index (χ0v) is 21.3. The van der Waals surface area contributed by atoms with Crippen LogP contribution in [0.1, 0.15) is 34.0 Å². The number of benzene rings is 3. The van der Waals surface area contributed by atoms with E-state index in [1.54, 1.807) is 0 Å². The third kappa shape index (κ3) is 4.61. The summed E-state index contributed by atoms with van der Waals surface area (Å²) in [5.74, 6) is -0.405. The fourth-order valence-corrected chi connectivity index (χ4v) is 6.37. The molecule has 8 heteroatoms. The Kier molecular flexibility index (Phi) is 6.84. The fourth-order valence-electron chi connectivity index (χ4n) is 3.86. The number of nitrogens with zero attached hydrogens (tertiary/aromatic N) is 3. The second-order valence-electron chi connectivity index (χ2n) is 8.16. The minimum Gasteiger partial charge on any atom is -0.319 e.